The largest absolute Gasteiger partial charge is 0.347 e. The summed E-state index contributed by atoms with van der Waals surface area (Å²) in [4.78, 5) is 33.1. The van der Waals surface area contributed by atoms with Crippen LogP contribution in [-0.2, 0) is 11.2 Å². The van der Waals surface area contributed by atoms with Crippen molar-refractivity contribution in [1.82, 2.24) is 25.0 Å². The van der Waals surface area contributed by atoms with Crippen LogP contribution in [-0.4, -0.2) is 57.2 Å². The Hall–Kier alpha value is -3.04. The van der Waals surface area contributed by atoms with E-state index in [9.17, 15) is 9.59 Å². The van der Waals surface area contributed by atoms with Gasteiger partial charge in [-0.15, -0.1) is 11.3 Å². The minimum Gasteiger partial charge on any atom is -0.347 e. The minimum atomic E-state index is -0.289. The van der Waals surface area contributed by atoms with Gasteiger partial charge in [-0.1, -0.05) is 50.5 Å². The third kappa shape index (κ3) is 7.13. The zero-order valence-corrected chi connectivity index (χ0v) is 23.7. The van der Waals surface area contributed by atoms with Crippen molar-refractivity contribution in [2.75, 3.05) is 25.0 Å². The van der Waals surface area contributed by atoms with Crippen LogP contribution in [0.5, 0.6) is 0 Å². The number of piperidine rings is 1. The predicted octanol–water partition coefficient (Wildman–Crippen LogP) is 5.69. The van der Waals surface area contributed by atoms with Gasteiger partial charge in [0.05, 0.1) is 11.7 Å². The molecule has 2 aromatic heterocycles. The fourth-order valence-corrected chi connectivity index (χ4v) is 6.44. The molecule has 1 aliphatic carbocycles. The number of anilines is 1. The molecule has 9 heteroatoms. The van der Waals surface area contributed by atoms with Gasteiger partial charge in [-0.2, -0.15) is 5.10 Å². The van der Waals surface area contributed by atoms with E-state index in [1.807, 2.05) is 11.4 Å². The molecule has 1 aromatic carbocycles. The quantitative estimate of drug-likeness (QED) is 0.321. The molecule has 8 nitrogen and oxygen atoms in total. The first-order valence-corrected chi connectivity index (χ1v) is 15.4. The lowest BCUT2D eigenvalue weighted by molar-refractivity contribution is -0.116. The summed E-state index contributed by atoms with van der Waals surface area (Å²) in [6, 6.07) is 10.4. The summed E-state index contributed by atoms with van der Waals surface area (Å²) in [5, 5.41) is 13.3. The number of rotatable bonds is 11. The molecule has 2 N–H and O–H groups in total. The predicted molar refractivity (Wildman–Crippen MR) is 156 cm³/mol. The van der Waals surface area contributed by atoms with Crippen LogP contribution in [0.4, 0.5) is 5.13 Å². The maximum absolute atomic E-state index is 13.6. The lowest BCUT2D eigenvalue weighted by atomic mass is 10.0. The molecule has 1 aliphatic heterocycles. The van der Waals surface area contributed by atoms with Gasteiger partial charge in [0, 0.05) is 36.1 Å². The van der Waals surface area contributed by atoms with E-state index in [2.05, 4.69) is 56.4 Å². The van der Waals surface area contributed by atoms with E-state index in [0.29, 0.717) is 23.3 Å². The second-order valence-electron chi connectivity index (χ2n) is 10.8. The highest BCUT2D eigenvalue weighted by Crippen LogP contribution is 2.35. The number of carbonyl (C=O) groups excluding carboxylic acids is 2. The van der Waals surface area contributed by atoms with E-state index in [1.165, 1.54) is 49.0 Å². The van der Waals surface area contributed by atoms with Crippen LogP contribution in [0, 0.1) is 0 Å². The van der Waals surface area contributed by atoms with E-state index in [1.54, 1.807) is 6.20 Å². The van der Waals surface area contributed by atoms with Gasteiger partial charge in [0.1, 0.15) is 0 Å². The van der Waals surface area contributed by atoms with Gasteiger partial charge >= 0.3 is 0 Å². The van der Waals surface area contributed by atoms with Crippen LogP contribution in [0.25, 0.3) is 11.3 Å². The van der Waals surface area contributed by atoms with Gasteiger partial charge < -0.3 is 15.5 Å². The van der Waals surface area contributed by atoms with Gasteiger partial charge in [-0.25, -0.2) is 4.98 Å². The number of hydrogen-bond donors (Lipinski definition) is 2. The Labute approximate surface area is 235 Å². The summed E-state index contributed by atoms with van der Waals surface area (Å²) >= 11 is 1.39. The summed E-state index contributed by atoms with van der Waals surface area (Å²) in [6.45, 7) is 5.18. The van der Waals surface area contributed by atoms with Gasteiger partial charge in [0.15, 0.2) is 10.8 Å². The molecule has 0 spiro atoms. The van der Waals surface area contributed by atoms with E-state index >= 15 is 0 Å². The summed E-state index contributed by atoms with van der Waals surface area (Å²) in [5.41, 5.74) is 3.83. The SMILES string of the molecule is CCc1ccccc1-c1cc(C(=O)N[C@@H](CCN2CCCCC2)CC(=O)Nc2nccs2)nn1C1CCCC1. The number of nitrogens with zero attached hydrogens (tertiary/aromatic N) is 4. The molecule has 0 bridgehead atoms. The zero-order chi connectivity index (χ0) is 27.0. The molecular formula is C30H40N6O2S. The molecule has 2 fully saturated rings. The van der Waals surface area contributed by atoms with Crippen LogP contribution in [0.2, 0.25) is 0 Å². The van der Waals surface area contributed by atoms with Crippen molar-refractivity contribution in [2.45, 2.75) is 83.2 Å². The second kappa shape index (κ2) is 13.3. The van der Waals surface area contributed by atoms with Crippen LogP contribution < -0.4 is 10.6 Å². The van der Waals surface area contributed by atoms with E-state index in [-0.39, 0.29) is 24.3 Å². The standard InChI is InChI=1S/C30H40N6O2S/c1-2-22-10-4-7-13-25(22)27-21-26(34-36(27)24-11-5-6-12-24)29(38)32-23(14-18-35-16-8-3-9-17-35)20-28(37)33-30-31-15-19-39-30/h4,7,10,13,15,19,21,23-24H,2-3,5-6,8-9,11-12,14,16-18,20H2,1H3,(H,32,38)(H,31,33,37)/t23-/m0/s1. The number of hydrogen-bond acceptors (Lipinski definition) is 6. The molecule has 1 saturated carbocycles. The number of likely N-dealkylation sites (tertiary alicyclic amines) is 1. The number of benzene rings is 1. The fraction of sp³-hybridized carbons (Fsp3) is 0.533. The third-order valence-corrected chi connectivity index (χ3v) is 8.69. The highest BCUT2D eigenvalue weighted by Gasteiger charge is 2.26. The summed E-state index contributed by atoms with van der Waals surface area (Å²) in [7, 11) is 0. The lowest BCUT2D eigenvalue weighted by Crippen LogP contribution is -2.41. The smallest absolute Gasteiger partial charge is 0.272 e. The van der Waals surface area contributed by atoms with Crippen LogP contribution in [0.15, 0.2) is 41.9 Å². The molecule has 1 atom stereocenters. The molecule has 0 unspecified atom stereocenters. The van der Waals surface area contributed by atoms with Crippen LogP contribution >= 0.6 is 11.3 Å². The Kier molecular flexibility index (Phi) is 9.42. The number of amides is 2. The summed E-state index contributed by atoms with van der Waals surface area (Å²) in [6.07, 6.45) is 11.7. The Morgan fingerprint density at radius 1 is 1.10 bits per heavy atom. The second-order valence-corrected chi connectivity index (χ2v) is 11.7. The van der Waals surface area contributed by atoms with Gasteiger partial charge in [-0.3, -0.25) is 14.3 Å². The van der Waals surface area contributed by atoms with Gasteiger partial charge in [0.2, 0.25) is 5.91 Å². The first-order valence-electron chi connectivity index (χ1n) is 14.5. The Morgan fingerprint density at radius 3 is 2.64 bits per heavy atom. The molecule has 5 rings (SSSR count). The average molecular weight is 549 g/mol. The normalized spacial score (nSPS) is 17.3. The van der Waals surface area contributed by atoms with E-state index in [4.69, 9.17) is 5.10 Å². The molecule has 3 aromatic rings. The number of thiazole rings is 1. The molecule has 2 amide bonds. The Bertz CT molecular complexity index is 1230. The minimum absolute atomic E-state index is 0.136. The van der Waals surface area contributed by atoms with Crippen LogP contribution in [0.1, 0.15) is 86.8 Å². The molecule has 1 saturated heterocycles. The van der Waals surface area contributed by atoms with Crippen LogP contribution in [0.3, 0.4) is 0 Å². The zero-order valence-electron chi connectivity index (χ0n) is 22.9. The topological polar surface area (TPSA) is 92.2 Å². The number of nitrogens with one attached hydrogen (secondary N) is 2. The fourth-order valence-electron chi connectivity index (χ4n) is 5.90. The van der Waals surface area contributed by atoms with Crippen molar-refractivity contribution in [1.29, 1.82) is 0 Å². The first-order chi connectivity index (χ1) is 19.1. The molecule has 2 aliphatic rings. The maximum Gasteiger partial charge on any atom is 0.272 e. The summed E-state index contributed by atoms with van der Waals surface area (Å²) < 4.78 is 2.09. The van der Waals surface area contributed by atoms with Crippen molar-refractivity contribution >= 4 is 28.3 Å². The monoisotopic (exact) mass is 548 g/mol. The first kappa shape index (κ1) is 27.5. The van der Waals surface area contributed by atoms with Gasteiger partial charge in [0.25, 0.3) is 5.91 Å². The Morgan fingerprint density at radius 2 is 1.90 bits per heavy atom. The Balaban J connectivity index is 1.35. The van der Waals surface area contributed by atoms with Crippen molar-refractivity contribution < 1.29 is 9.59 Å². The molecule has 39 heavy (non-hydrogen) atoms. The molecule has 3 heterocycles. The lowest BCUT2D eigenvalue weighted by Gasteiger charge is -2.28. The van der Waals surface area contributed by atoms with Crippen molar-refractivity contribution in [3.8, 4) is 11.3 Å². The highest BCUT2D eigenvalue weighted by molar-refractivity contribution is 7.13. The summed E-state index contributed by atoms with van der Waals surface area (Å²) in [5.74, 6) is -0.351. The maximum atomic E-state index is 13.6. The third-order valence-electron chi connectivity index (χ3n) is 8.00. The molecular weight excluding hydrogens is 508 g/mol. The van der Waals surface area contributed by atoms with Crippen molar-refractivity contribution in [3.05, 3.63) is 53.2 Å². The average Bonchev–Trinajstić information content (AvgIpc) is 3.74. The molecule has 208 valence electrons. The van der Waals surface area contributed by atoms with E-state index in [0.717, 1.165) is 50.2 Å². The number of carbonyl (C=O) groups is 2. The highest BCUT2D eigenvalue weighted by atomic mass is 32.1. The van der Waals surface area contributed by atoms with Crippen molar-refractivity contribution in [2.24, 2.45) is 0 Å². The number of aromatic nitrogens is 3. The molecule has 0 radical (unpaired) electrons. The van der Waals surface area contributed by atoms with Crippen molar-refractivity contribution in [3.63, 3.8) is 0 Å². The number of aryl methyl sites for hydroxylation is 1. The van der Waals surface area contributed by atoms with E-state index < -0.39 is 0 Å². The van der Waals surface area contributed by atoms with Gasteiger partial charge in [-0.05, 0) is 63.2 Å².